The van der Waals surface area contributed by atoms with Gasteiger partial charge in [-0.3, -0.25) is 4.79 Å². The van der Waals surface area contributed by atoms with Gasteiger partial charge in [0.2, 0.25) is 5.91 Å². The fourth-order valence-corrected chi connectivity index (χ4v) is 4.30. The van der Waals surface area contributed by atoms with E-state index in [0.29, 0.717) is 43.9 Å². The molecule has 0 saturated carbocycles. The molecule has 6 heteroatoms. The van der Waals surface area contributed by atoms with Gasteiger partial charge in [0.15, 0.2) is 11.5 Å². The maximum Gasteiger partial charge on any atom is 0.223 e. The number of carbonyl (C=O) groups is 1. The molecule has 1 saturated heterocycles. The summed E-state index contributed by atoms with van der Waals surface area (Å²) in [5, 5.41) is 3.41. The molecule has 158 valence electrons. The van der Waals surface area contributed by atoms with Crippen LogP contribution in [0.1, 0.15) is 51.2 Å². The minimum atomic E-state index is 0. The molecule has 3 rings (SSSR count). The number of nitrogens with zero attached hydrogens (tertiary/aromatic N) is 1. The molecule has 1 N–H and O–H groups in total. The van der Waals surface area contributed by atoms with E-state index in [2.05, 4.69) is 24.4 Å². The number of amides is 1. The summed E-state index contributed by atoms with van der Waals surface area (Å²) in [6.45, 7) is 11.1. The molecule has 0 radical (unpaired) electrons. The van der Waals surface area contributed by atoms with Gasteiger partial charge in [0.1, 0.15) is 0 Å². The van der Waals surface area contributed by atoms with Crippen molar-refractivity contribution in [1.29, 1.82) is 0 Å². The molecule has 1 aromatic rings. The Labute approximate surface area is 175 Å². The van der Waals surface area contributed by atoms with Gasteiger partial charge >= 0.3 is 0 Å². The predicted octanol–water partition coefficient (Wildman–Crippen LogP) is 3.82. The van der Waals surface area contributed by atoms with Crippen molar-refractivity contribution >= 4 is 18.3 Å². The van der Waals surface area contributed by atoms with Gasteiger partial charge in [0, 0.05) is 19.5 Å². The molecule has 0 spiro atoms. The van der Waals surface area contributed by atoms with Crippen molar-refractivity contribution in [3.63, 3.8) is 0 Å². The fraction of sp³-hybridized carbons (Fsp3) is 0.682. The summed E-state index contributed by atoms with van der Waals surface area (Å²) in [7, 11) is 0. The Morgan fingerprint density at radius 1 is 1.14 bits per heavy atom. The number of benzene rings is 1. The van der Waals surface area contributed by atoms with Crippen molar-refractivity contribution in [3.05, 3.63) is 23.3 Å². The van der Waals surface area contributed by atoms with E-state index >= 15 is 0 Å². The molecule has 0 aromatic heterocycles. The van der Waals surface area contributed by atoms with E-state index in [9.17, 15) is 4.79 Å². The minimum absolute atomic E-state index is 0. The van der Waals surface area contributed by atoms with Gasteiger partial charge in [0.05, 0.1) is 13.2 Å². The van der Waals surface area contributed by atoms with Crippen LogP contribution in [0.25, 0.3) is 0 Å². The van der Waals surface area contributed by atoms with Crippen molar-refractivity contribution < 1.29 is 14.3 Å². The van der Waals surface area contributed by atoms with Crippen LogP contribution in [0.3, 0.4) is 0 Å². The zero-order valence-electron chi connectivity index (χ0n) is 17.5. The molecular formula is C22H35ClN2O3. The first-order chi connectivity index (χ1) is 13.1. The van der Waals surface area contributed by atoms with Crippen molar-refractivity contribution in [2.45, 2.75) is 53.0 Å². The molecule has 0 bridgehead atoms. The van der Waals surface area contributed by atoms with Crippen molar-refractivity contribution in [3.8, 4) is 11.5 Å². The first-order valence-electron chi connectivity index (χ1n) is 10.5. The SMILES string of the molecule is CCOc1cc2c(cc1OCC)CN(C(=O)CC(C)C1CCNCC1)CC2.Cl. The third kappa shape index (κ3) is 5.54. The Bertz CT molecular complexity index is 647. The summed E-state index contributed by atoms with van der Waals surface area (Å²) < 4.78 is 11.5. The standard InChI is InChI=1S/C22H34N2O3.ClH/c1-4-26-20-13-18-8-11-24(15-19(18)14-21(20)27-5-2)22(25)12-16(3)17-6-9-23-10-7-17;/h13-14,16-17,23H,4-12,15H2,1-3H3;1H. The van der Waals surface area contributed by atoms with Gasteiger partial charge in [-0.25, -0.2) is 0 Å². The number of hydrogen-bond donors (Lipinski definition) is 1. The van der Waals surface area contributed by atoms with Gasteiger partial charge in [0.25, 0.3) is 0 Å². The number of ether oxygens (including phenoxy) is 2. The van der Waals surface area contributed by atoms with E-state index in [1.54, 1.807) is 0 Å². The normalized spacial score (nSPS) is 18.0. The number of nitrogens with one attached hydrogen (secondary N) is 1. The van der Waals surface area contributed by atoms with Gasteiger partial charge in [-0.2, -0.15) is 0 Å². The molecule has 1 unspecified atom stereocenters. The summed E-state index contributed by atoms with van der Waals surface area (Å²) >= 11 is 0. The first-order valence-corrected chi connectivity index (χ1v) is 10.5. The number of halogens is 1. The smallest absolute Gasteiger partial charge is 0.223 e. The molecule has 2 aliphatic rings. The van der Waals surface area contributed by atoms with E-state index in [1.807, 2.05) is 18.7 Å². The molecule has 2 aliphatic heterocycles. The second kappa shape index (κ2) is 10.9. The number of hydrogen-bond acceptors (Lipinski definition) is 4. The zero-order valence-corrected chi connectivity index (χ0v) is 18.3. The Hall–Kier alpha value is -1.46. The zero-order chi connectivity index (χ0) is 19.2. The molecule has 1 amide bonds. The second-order valence-electron chi connectivity index (χ2n) is 7.77. The first kappa shape index (κ1) is 22.8. The molecular weight excluding hydrogens is 376 g/mol. The van der Waals surface area contributed by atoms with E-state index in [0.717, 1.165) is 37.6 Å². The maximum atomic E-state index is 12.9. The van der Waals surface area contributed by atoms with Gasteiger partial charge < -0.3 is 19.7 Å². The number of fused-ring (bicyclic) bond motifs is 1. The van der Waals surface area contributed by atoms with Crippen LogP contribution in [-0.2, 0) is 17.8 Å². The van der Waals surface area contributed by atoms with Gasteiger partial charge in [-0.1, -0.05) is 6.92 Å². The van der Waals surface area contributed by atoms with Crippen molar-refractivity contribution in [2.24, 2.45) is 11.8 Å². The molecule has 1 aromatic carbocycles. The lowest BCUT2D eigenvalue weighted by molar-refractivity contribution is -0.133. The van der Waals surface area contributed by atoms with Crippen LogP contribution in [0, 0.1) is 11.8 Å². The highest BCUT2D eigenvalue weighted by Gasteiger charge is 2.27. The number of rotatable bonds is 7. The quantitative estimate of drug-likeness (QED) is 0.742. The lowest BCUT2D eigenvalue weighted by atomic mass is 9.83. The predicted molar refractivity (Wildman–Crippen MR) is 115 cm³/mol. The Balaban J connectivity index is 0.00000280. The maximum absolute atomic E-state index is 12.9. The molecule has 5 nitrogen and oxygen atoms in total. The summed E-state index contributed by atoms with van der Waals surface area (Å²) in [6.07, 6.45) is 3.93. The molecule has 28 heavy (non-hydrogen) atoms. The third-order valence-corrected chi connectivity index (χ3v) is 5.92. The fourth-order valence-electron chi connectivity index (χ4n) is 4.30. The van der Waals surface area contributed by atoms with Crippen LogP contribution in [0.4, 0.5) is 0 Å². The monoisotopic (exact) mass is 410 g/mol. The van der Waals surface area contributed by atoms with Crippen LogP contribution >= 0.6 is 12.4 Å². The highest BCUT2D eigenvalue weighted by Crippen LogP contribution is 2.34. The second-order valence-corrected chi connectivity index (χ2v) is 7.77. The average molecular weight is 411 g/mol. The minimum Gasteiger partial charge on any atom is -0.490 e. The lowest BCUT2D eigenvalue weighted by Crippen LogP contribution is -2.38. The highest BCUT2D eigenvalue weighted by molar-refractivity contribution is 5.85. The molecule has 1 atom stereocenters. The van der Waals surface area contributed by atoms with Crippen LogP contribution in [0.5, 0.6) is 11.5 Å². The summed E-state index contributed by atoms with van der Waals surface area (Å²) in [4.78, 5) is 14.9. The van der Waals surface area contributed by atoms with E-state index in [4.69, 9.17) is 9.47 Å². The largest absolute Gasteiger partial charge is 0.490 e. The Kier molecular flexibility index (Phi) is 8.90. The van der Waals surface area contributed by atoms with Crippen LogP contribution in [0.2, 0.25) is 0 Å². The lowest BCUT2D eigenvalue weighted by Gasteiger charge is -2.33. The number of carbonyl (C=O) groups excluding carboxylic acids is 1. The third-order valence-electron chi connectivity index (χ3n) is 5.92. The molecule has 1 fully saturated rings. The van der Waals surface area contributed by atoms with Gasteiger partial charge in [-0.05, 0) is 81.3 Å². The number of piperidine rings is 1. The van der Waals surface area contributed by atoms with Crippen molar-refractivity contribution in [2.75, 3.05) is 32.8 Å². The van der Waals surface area contributed by atoms with Crippen molar-refractivity contribution in [1.82, 2.24) is 10.2 Å². The summed E-state index contributed by atoms with van der Waals surface area (Å²) in [5.74, 6) is 3.03. The summed E-state index contributed by atoms with van der Waals surface area (Å²) in [6, 6.07) is 4.17. The average Bonchev–Trinajstić information content (AvgIpc) is 2.69. The van der Waals surface area contributed by atoms with Crippen LogP contribution in [-0.4, -0.2) is 43.7 Å². The Morgan fingerprint density at radius 2 is 1.75 bits per heavy atom. The highest BCUT2D eigenvalue weighted by atomic mass is 35.5. The van der Waals surface area contributed by atoms with E-state index in [-0.39, 0.29) is 12.4 Å². The molecule has 2 heterocycles. The summed E-state index contributed by atoms with van der Waals surface area (Å²) in [5.41, 5.74) is 2.47. The van der Waals surface area contributed by atoms with E-state index < -0.39 is 0 Å². The Morgan fingerprint density at radius 3 is 2.36 bits per heavy atom. The van der Waals surface area contributed by atoms with Crippen LogP contribution < -0.4 is 14.8 Å². The topological polar surface area (TPSA) is 50.8 Å². The van der Waals surface area contributed by atoms with Crippen LogP contribution in [0.15, 0.2) is 12.1 Å². The van der Waals surface area contributed by atoms with Gasteiger partial charge in [-0.15, -0.1) is 12.4 Å². The van der Waals surface area contributed by atoms with E-state index in [1.165, 1.54) is 24.0 Å². The molecule has 0 aliphatic carbocycles.